The van der Waals surface area contributed by atoms with Crippen molar-refractivity contribution in [3.05, 3.63) is 34.9 Å². The van der Waals surface area contributed by atoms with Gasteiger partial charge in [-0.2, -0.15) is 0 Å². The van der Waals surface area contributed by atoms with E-state index in [4.69, 9.17) is 16.3 Å². The second-order valence-electron chi connectivity index (χ2n) is 4.64. The number of hydrogen-bond donors (Lipinski definition) is 0. The van der Waals surface area contributed by atoms with E-state index in [-0.39, 0.29) is 5.78 Å². The third-order valence-electron chi connectivity index (χ3n) is 3.56. The van der Waals surface area contributed by atoms with Crippen molar-refractivity contribution in [2.24, 2.45) is 0 Å². The minimum atomic E-state index is -0.539. The van der Waals surface area contributed by atoms with Crippen LogP contribution < -0.4 is 0 Å². The van der Waals surface area contributed by atoms with Gasteiger partial charge in [0.15, 0.2) is 5.78 Å². The van der Waals surface area contributed by atoms with Crippen molar-refractivity contribution in [1.82, 2.24) is 0 Å². The first-order valence-corrected chi connectivity index (χ1v) is 6.37. The lowest BCUT2D eigenvalue weighted by Gasteiger charge is -2.25. The molecule has 1 fully saturated rings. The predicted octanol–water partition coefficient (Wildman–Crippen LogP) is 3.41. The number of benzene rings is 1. The third kappa shape index (κ3) is 2.70. The molecule has 92 valence electrons. The zero-order valence-corrected chi connectivity index (χ0v) is 10.8. The molecule has 0 heterocycles. The molecule has 17 heavy (non-hydrogen) atoms. The number of ketones is 1. The lowest BCUT2D eigenvalue weighted by atomic mass is 9.91. The minimum absolute atomic E-state index is 0.180. The summed E-state index contributed by atoms with van der Waals surface area (Å²) in [4.78, 5) is 12.3. The summed E-state index contributed by atoms with van der Waals surface area (Å²) in [7, 11) is 1.64. The molecule has 0 aliphatic heterocycles. The zero-order chi connectivity index (χ0) is 12.3. The summed E-state index contributed by atoms with van der Waals surface area (Å²) in [5.41, 5.74) is 0.424. The highest BCUT2D eigenvalue weighted by atomic mass is 35.5. The minimum Gasteiger partial charge on any atom is -0.370 e. The number of carbonyl (C=O) groups excluding carboxylic acids is 1. The Labute approximate surface area is 107 Å². The van der Waals surface area contributed by atoms with Gasteiger partial charge in [-0.25, -0.2) is 0 Å². The number of rotatable bonds is 4. The van der Waals surface area contributed by atoms with Gasteiger partial charge in [0.2, 0.25) is 0 Å². The fourth-order valence-corrected chi connectivity index (χ4v) is 2.75. The third-order valence-corrected chi connectivity index (χ3v) is 3.80. The van der Waals surface area contributed by atoms with Crippen LogP contribution in [0.4, 0.5) is 0 Å². The number of halogens is 1. The Balaban J connectivity index is 2.10. The normalized spacial score (nSPS) is 18.2. The first-order chi connectivity index (χ1) is 8.16. The smallest absolute Gasteiger partial charge is 0.168 e. The van der Waals surface area contributed by atoms with Gasteiger partial charge in [0.1, 0.15) is 5.60 Å². The summed E-state index contributed by atoms with van der Waals surface area (Å²) in [6, 6.07) is 7.47. The summed E-state index contributed by atoms with van der Waals surface area (Å²) >= 11 is 5.91. The van der Waals surface area contributed by atoms with Gasteiger partial charge < -0.3 is 4.74 Å². The Morgan fingerprint density at radius 2 is 2.12 bits per heavy atom. The van der Waals surface area contributed by atoms with Crippen LogP contribution in [0.2, 0.25) is 5.02 Å². The molecule has 0 amide bonds. The van der Waals surface area contributed by atoms with Crippen LogP contribution in [-0.4, -0.2) is 18.5 Å². The van der Waals surface area contributed by atoms with Crippen LogP contribution in [0.3, 0.4) is 0 Å². The van der Waals surface area contributed by atoms with Gasteiger partial charge in [0.05, 0.1) is 0 Å². The van der Waals surface area contributed by atoms with Gasteiger partial charge in [-0.15, -0.1) is 0 Å². The highest BCUT2D eigenvalue weighted by molar-refractivity contribution is 6.30. The molecule has 0 unspecified atom stereocenters. The molecule has 1 aliphatic rings. The van der Waals surface area contributed by atoms with Gasteiger partial charge in [-0.05, 0) is 43.4 Å². The molecule has 0 spiro atoms. The molecule has 0 saturated heterocycles. The Hall–Kier alpha value is -0.860. The van der Waals surface area contributed by atoms with Gasteiger partial charge in [-0.1, -0.05) is 23.7 Å². The van der Waals surface area contributed by atoms with E-state index in [1.54, 1.807) is 7.11 Å². The molecule has 1 saturated carbocycles. The van der Waals surface area contributed by atoms with Crippen molar-refractivity contribution in [3.63, 3.8) is 0 Å². The molecule has 3 heteroatoms. The predicted molar refractivity (Wildman–Crippen MR) is 68.4 cm³/mol. The SMILES string of the molecule is COC1(C(=O)Cc2cccc(Cl)c2)CCCC1. The highest BCUT2D eigenvalue weighted by Gasteiger charge is 2.40. The van der Waals surface area contributed by atoms with Crippen LogP contribution in [0.5, 0.6) is 0 Å². The van der Waals surface area contributed by atoms with E-state index in [9.17, 15) is 4.79 Å². The maximum Gasteiger partial charge on any atom is 0.168 e. The van der Waals surface area contributed by atoms with Crippen LogP contribution in [0.15, 0.2) is 24.3 Å². The molecule has 0 aromatic heterocycles. The van der Waals surface area contributed by atoms with E-state index in [1.165, 1.54) is 0 Å². The van der Waals surface area contributed by atoms with Crippen molar-refractivity contribution in [1.29, 1.82) is 0 Å². The number of methoxy groups -OCH3 is 1. The Morgan fingerprint density at radius 1 is 1.41 bits per heavy atom. The van der Waals surface area contributed by atoms with Crippen LogP contribution in [-0.2, 0) is 16.0 Å². The molecule has 2 nitrogen and oxygen atoms in total. The van der Waals surface area contributed by atoms with Crippen molar-refractivity contribution < 1.29 is 9.53 Å². The molecular formula is C14H17ClO2. The van der Waals surface area contributed by atoms with E-state index in [1.807, 2.05) is 24.3 Å². The Morgan fingerprint density at radius 3 is 2.71 bits per heavy atom. The Bertz CT molecular complexity index is 408. The van der Waals surface area contributed by atoms with Crippen molar-refractivity contribution in [2.45, 2.75) is 37.7 Å². The van der Waals surface area contributed by atoms with Crippen LogP contribution in [0, 0.1) is 0 Å². The number of ether oxygens (including phenoxy) is 1. The highest BCUT2D eigenvalue weighted by Crippen LogP contribution is 2.34. The second kappa shape index (κ2) is 5.19. The molecule has 0 radical (unpaired) electrons. The summed E-state index contributed by atoms with van der Waals surface area (Å²) in [5.74, 6) is 0.180. The van der Waals surface area contributed by atoms with Gasteiger partial charge in [0.25, 0.3) is 0 Å². The summed E-state index contributed by atoms with van der Waals surface area (Å²) < 4.78 is 5.48. The fraction of sp³-hybridized carbons (Fsp3) is 0.500. The maximum absolute atomic E-state index is 12.3. The second-order valence-corrected chi connectivity index (χ2v) is 5.07. The largest absolute Gasteiger partial charge is 0.370 e. The average Bonchev–Trinajstić information content (AvgIpc) is 2.78. The standard InChI is InChI=1S/C14H17ClO2/c1-17-14(7-2-3-8-14)13(16)10-11-5-4-6-12(15)9-11/h4-6,9H,2-3,7-8,10H2,1H3. The van der Waals surface area contributed by atoms with E-state index in [2.05, 4.69) is 0 Å². The molecule has 1 aliphatic carbocycles. The quantitative estimate of drug-likeness (QED) is 0.821. The average molecular weight is 253 g/mol. The van der Waals surface area contributed by atoms with E-state index in [0.29, 0.717) is 11.4 Å². The molecular weight excluding hydrogens is 236 g/mol. The molecule has 0 atom stereocenters. The van der Waals surface area contributed by atoms with E-state index >= 15 is 0 Å². The van der Waals surface area contributed by atoms with Crippen LogP contribution >= 0.6 is 11.6 Å². The first kappa shape index (κ1) is 12.6. The molecule has 2 rings (SSSR count). The summed E-state index contributed by atoms with van der Waals surface area (Å²) in [6.45, 7) is 0. The number of hydrogen-bond acceptors (Lipinski definition) is 2. The van der Waals surface area contributed by atoms with Gasteiger partial charge in [0, 0.05) is 18.6 Å². The van der Waals surface area contributed by atoms with Gasteiger partial charge >= 0.3 is 0 Å². The monoisotopic (exact) mass is 252 g/mol. The summed E-state index contributed by atoms with van der Waals surface area (Å²) in [5, 5.41) is 0.674. The van der Waals surface area contributed by atoms with Crippen LogP contribution in [0.25, 0.3) is 0 Å². The van der Waals surface area contributed by atoms with E-state index < -0.39 is 5.60 Å². The lowest BCUT2D eigenvalue weighted by molar-refractivity contribution is -0.139. The molecule has 0 bridgehead atoms. The van der Waals surface area contributed by atoms with Crippen molar-refractivity contribution in [3.8, 4) is 0 Å². The first-order valence-electron chi connectivity index (χ1n) is 5.99. The zero-order valence-electron chi connectivity index (χ0n) is 10.0. The molecule has 1 aromatic carbocycles. The fourth-order valence-electron chi connectivity index (χ4n) is 2.54. The number of carbonyl (C=O) groups is 1. The maximum atomic E-state index is 12.3. The van der Waals surface area contributed by atoms with E-state index in [0.717, 1.165) is 31.2 Å². The summed E-state index contributed by atoms with van der Waals surface area (Å²) in [6.07, 6.45) is 4.27. The lowest BCUT2D eigenvalue weighted by Crippen LogP contribution is -2.38. The molecule has 1 aromatic rings. The van der Waals surface area contributed by atoms with Crippen molar-refractivity contribution in [2.75, 3.05) is 7.11 Å². The molecule has 0 N–H and O–H groups in total. The van der Waals surface area contributed by atoms with Crippen molar-refractivity contribution >= 4 is 17.4 Å². The van der Waals surface area contributed by atoms with Gasteiger partial charge in [-0.3, -0.25) is 4.79 Å². The number of Topliss-reactive ketones (excluding diaryl/α,β-unsaturated/α-hetero) is 1. The Kier molecular flexibility index (Phi) is 3.85. The van der Waals surface area contributed by atoms with Crippen LogP contribution in [0.1, 0.15) is 31.2 Å². The topological polar surface area (TPSA) is 26.3 Å².